The van der Waals surface area contributed by atoms with Crippen molar-refractivity contribution >= 4 is 70.1 Å². The molecule has 0 saturated carbocycles. The van der Waals surface area contributed by atoms with Gasteiger partial charge in [-0.1, -0.05) is 172 Å². The lowest BCUT2D eigenvalue weighted by Gasteiger charge is -2.29. The van der Waals surface area contributed by atoms with Gasteiger partial charge in [0.1, 0.15) is 0 Å². The van der Waals surface area contributed by atoms with Crippen LogP contribution in [0.2, 0.25) is 0 Å². The summed E-state index contributed by atoms with van der Waals surface area (Å²) in [5.41, 5.74) is 13.8. The molecule has 55 heavy (non-hydrogen) atoms. The van der Waals surface area contributed by atoms with E-state index in [4.69, 9.17) is 0 Å². The summed E-state index contributed by atoms with van der Waals surface area (Å²) < 4.78 is 2.61. The van der Waals surface area contributed by atoms with Gasteiger partial charge in [0, 0.05) is 32.1 Å². The van der Waals surface area contributed by atoms with Crippen molar-refractivity contribution in [3.8, 4) is 33.4 Å². The Hall–Kier alpha value is -6.48. The molecule has 260 valence electrons. The Balaban J connectivity index is 1.10. The highest BCUT2D eigenvalue weighted by atomic mass is 32.1. The third-order valence-electron chi connectivity index (χ3n) is 11.9. The second kappa shape index (κ2) is 12.3. The first kappa shape index (κ1) is 32.0. The monoisotopic (exact) mass is 719 g/mol. The van der Waals surface area contributed by atoms with Gasteiger partial charge in [-0.05, 0) is 90.8 Å². The van der Waals surface area contributed by atoms with Gasteiger partial charge < -0.3 is 4.90 Å². The summed E-state index contributed by atoms with van der Waals surface area (Å²) in [6.45, 7) is 4.73. The average Bonchev–Trinajstić information content (AvgIpc) is 3.74. The van der Waals surface area contributed by atoms with Gasteiger partial charge in [-0.25, -0.2) is 0 Å². The molecule has 1 aliphatic carbocycles. The van der Waals surface area contributed by atoms with Gasteiger partial charge in [0.25, 0.3) is 0 Å². The predicted molar refractivity (Wildman–Crippen MR) is 237 cm³/mol. The van der Waals surface area contributed by atoms with Gasteiger partial charge >= 0.3 is 0 Å². The summed E-state index contributed by atoms with van der Waals surface area (Å²) in [6, 6.07) is 69.5. The van der Waals surface area contributed by atoms with Crippen molar-refractivity contribution in [1.29, 1.82) is 0 Å². The molecule has 0 aliphatic heterocycles. The molecule has 0 atom stereocenters. The van der Waals surface area contributed by atoms with Crippen LogP contribution in [-0.4, -0.2) is 0 Å². The summed E-state index contributed by atoms with van der Waals surface area (Å²) >= 11 is 1.88. The first-order valence-electron chi connectivity index (χ1n) is 19.1. The number of hydrogen-bond acceptors (Lipinski definition) is 2. The van der Waals surface area contributed by atoms with Crippen LogP contribution in [0.1, 0.15) is 25.0 Å². The van der Waals surface area contributed by atoms with Crippen LogP contribution in [0.3, 0.4) is 0 Å². The van der Waals surface area contributed by atoms with Crippen LogP contribution in [0.25, 0.3) is 75.1 Å². The van der Waals surface area contributed by atoms with Crippen molar-refractivity contribution in [2.45, 2.75) is 19.3 Å². The van der Waals surface area contributed by atoms with Gasteiger partial charge in [-0.15, -0.1) is 11.3 Å². The lowest BCUT2D eigenvalue weighted by atomic mass is 9.82. The van der Waals surface area contributed by atoms with E-state index in [0.29, 0.717) is 0 Å². The number of nitrogens with zero attached hydrogens (tertiary/aromatic N) is 1. The summed E-state index contributed by atoms with van der Waals surface area (Å²) in [7, 11) is 0. The van der Waals surface area contributed by atoms with E-state index in [9.17, 15) is 0 Å². The van der Waals surface area contributed by atoms with Crippen LogP contribution in [0.5, 0.6) is 0 Å². The summed E-state index contributed by atoms with van der Waals surface area (Å²) in [6.07, 6.45) is 0. The molecule has 0 unspecified atom stereocenters. The maximum absolute atomic E-state index is 2.51. The molecule has 2 heteroatoms. The van der Waals surface area contributed by atoms with E-state index < -0.39 is 0 Å². The molecule has 0 bridgehead atoms. The topological polar surface area (TPSA) is 3.24 Å². The third kappa shape index (κ3) is 4.85. The molecule has 0 fully saturated rings. The fourth-order valence-electron chi connectivity index (χ4n) is 9.27. The van der Waals surface area contributed by atoms with E-state index in [1.807, 2.05) is 11.3 Å². The maximum atomic E-state index is 2.51. The Morgan fingerprint density at radius 2 is 0.964 bits per heavy atom. The molecule has 0 radical (unpaired) electrons. The molecule has 1 aromatic heterocycles. The summed E-state index contributed by atoms with van der Waals surface area (Å²) in [5.74, 6) is 0. The first-order chi connectivity index (χ1) is 27.1. The number of fused-ring (bicyclic) bond motifs is 8. The quantitative estimate of drug-likeness (QED) is 0.171. The average molecular weight is 720 g/mol. The summed E-state index contributed by atoms with van der Waals surface area (Å²) in [5, 5.41) is 7.66. The van der Waals surface area contributed by atoms with Crippen LogP contribution in [0.15, 0.2) is 188 Å². The minimum atomic E-state index is -0.0969. The zero-order valence-corrected chi connectivity index (χ0v) is 31.6. The lowest BCUT2D eigenvalue weighted by molar-refractivity contribution is 0.660. The Morgan fingerprint density at radius 3 is 1.82 bits per heavy atom. The van der Waals surface area contributed by atoms with Crippen molar-refractivity contribution in [3.05, 3.63) is 199 Å². The minimum Gasteiger partial charge on any atom is -0.308 e. The van der Waals surface area contributed by atoms with Gasteiger partial charge in [-0.3, -0.25) is 0 Å². The third-order valence-corrected chi connectivity index (χ3v) is 13.1. The molecule has 0 spiro atoms. The highest BCUT2D eigenvalue weighted by molar-refractivity contribution is 7.26. The molecule has 0 N–H and O–H groups in total. The van der Waals surface area contributed by atoms with E-state index in [2.05, 4.69) is 207 Å². The second-order valence-electron chi connectivity index (χ2n) is 15.2. The largest absolute Gasteiger partial charge is 0.308 e. The zero-order valence-electron chi connectivity index (χ0n) is 30.8. The van der Waals surface area contributed by atoms with E-state index >= 15 is 0 Å². The van der Waals surface area contributed by atoms with Crippen molar-refractivity contribution in [1.82, 2.24) is 0 Å². The first-order valence-corrected chi connectivity index (χ1v) is 19.9. The molecule has 9 aromatic carbocycles. The van der Waals surface area contributed by atoms with E-state index in [1.165, 1.54) is 97.6 Å². The zero-order chi connectivity index (χ0) is 36.7. The van der Waals surface area contributed by atoms with Gasteiger partial charge in [0.15, 0.2) is 0 Å². The van der Waals surface area contributed by atoms with Gasteiger partial charge in [0.2, 0.25) is 0 Å². The fourth-order valence-corrected chi connectivity index (χ4v) is 10.5. The molecule has 1 heterocycles. The number of hydrogen-bond donors (Lipinski definition) is 0. The smallest absolute Gasteiger partial charge is 0.0640 e. The van der Waals surface area contributed by atoms with Crippen molar-refractivity contribution in [2.75, 3.05) is 4.90 Å². The van der Waals surface area contributed by atoms with Gasteiger partial charge in [-0.2, -0.15) is 0 Å². The molecule has 0 saturated heterocycles. The lowest BCUT2D eigenvalue weighted by Crippen LogP contribution is -2.16. The van der Waals surface area contributed by atoms with Crippen LogP contribution >= 0.6 is 11.3 Å². The van der Waals surface area contributed by atoms with Crippen LogP contribution < -0.4 is 4.90 Å². The molecule has 1 nitrogen and oxygen atoms in total. The van der Waals surface area contributed by atoms with Crippen molar-refractivity contribution < 1.29 is 0 Å². The summed E-state index contributed by atoms with van der Waals surface area (Å²) in [4.78, 5) is 2.51. The Morgan fingerprint density at radius 1 is 0.400 bits per heavy atom. The van der Waals surface area contributed by atoms with Crippen molar-refractivity contribution in [2.24, 2.45) is 0 Å². The second-order valence-corrected chi connectivity index (χ2v) is 16.3. The standard InChI is InChI=1S/C53H37NS/c1-53(2)46-23-9-7-20-45(46)51-47(53)24-13-25-48(51)54(49-26-12-22-44-43-19-8-10-27-50(43)55-52(44)49)36-30-28-35(29-31-36)38-32-33-42(41-18-6-5-17-39(38)41)40-21-11-15-34-14-3-4-16-37(34)40/h3-33H,1-2H3. The molecule has 10 aromatic rings. The van der Waals surface area contributed by atoms with Gasteiger partial charge in [0.05, 0.1) is 16.1 Å². The van der Waals surface area contributed by atoms with Crippen molar-refractivity contribution in [3.63, 3.8) is 0 Å². The normalized spacial score (nSPS) is 13.1. The van der Waals surface area contributed by atoms with E-state index in [-0.39, 0.29) is 5.41 Å². The van der Waals surface area contributed by atoms with Crippen LogP contribution in [0.4, 0.5) is 17.1 Å². The number of rotatable bonds is 5. The fraction of sp³-hybridized carbons (Fsp3) is 0.0566. The van der Waals surface area contributed by atoms with E-state index in [1.54, 1.807) is 0 Å². The Kier molecular flexibility index (Phi) is 7.14. The number of thiophene rings is 1. The number of anilines is 3. The predicted octanol–water partition coefficient (Wildman–Crippen LogP) is 15.5. The Bertz CT molecular complexity index is 3120. The van der Waals surface area contributed by atoms with Crippen LogP contribution in [-0.2, 0) is 5.41 Å². The molecule has 1 aliphatic rings. The Labute approximate surface area is 325 Å². The molecule has 0 amide bonds. The highest BCUT2D eigenvalue weighted by Gasteiger charge is 2.38. The molecular weight excluding hydrogens is 683 g/mol. The SMILES string of the molecule is CC1(C)c2ccccc2-c2c(N(c3ccc(-c4ccc(-c5cccc6ccccc56)c5ccccc45)cc3)c3cccc4c3sc3ccccc34)cccc21. The number of benzene rings is 9. The molecule has 11 rings (SSSR count). The van der Waals surface area contributed by atoms with Crippen LogP contribution in [0, 0.1) is 0 Å². The van der Waals surface area contributed by atoms with E-state index in [0.717, 1.165) is 5.69 Å². The highest BCUT2D eigenvalue weighted by Crippen LogP contribution is 2.55. The minimum absolute atomic E-state index is 0.0969. The maximum Gasteiger partial charge on any atom is 0.0640 e. The molecular formula is C53H37NS.